The first-order valence-corrected chi connectivity index (χ1v) is 8.66. The summed E-state index contributed by atoms with van der Waals surface area (Å²) in [6, 6.07) is 23.5. The second-order valence-corrected chi connectivity index (χ2v) is 5.96. The molecule has 3 aromatic rings. The first kappa shape index (κ1) is 17.8. The summed E-state index contributed by atoms with van der Waals surface area (Å²) in [6.07, 6.45) is 0. The summed E-state index contributed by atoms with van der Waals surface area (Å²) in [6.45, 7) is 0.449. The number of amides is 1. The fraction of sp³-hybridized carbons (Fsp3) is 0.0952. The third-order valence-electron chi connectivity index (χ3n) is 3.82. The van der Waals surface area contributed by atoms with Gasteiger partial charge in [-0.15, -0.1) is 11.6 Å². The van der Waals surface area contributed by atoms with E-state index >= 15 is 0 Å². The van der Waals surface area contributed by atoms with E-state index < -0.39 is 0 Å². The SMILES string of the molecule is O=C(CCl)N(Cc1ccccc1)c1ccc(Oc2ccc(O)cc2)cc1. The van der Waals surface area contributed by atoms with E-state index in [0.717, 1.165) is 11.3 Å². The lowest BCUT2D eigenvalue weighted by Gasteiger charge is -2.22. The smallest absolute Gasteiger partial charge is 0.242 e. The monoisotopic (exact) mass is 367 g/mol. The van der Waals surface area contributed by atoms with E-state index in [9.17, 15) is 9.90 Å². The Labute approximate surface area is 157 Å². The number of anilines is 1. The first-order valence-electron chi connectivity index (χ1n) is 8.13. The standard InChI is InChI=1S/C21H18ClNO3/c22-14-21(25)23(15-16-4-2-1-3-5-16)17-6-10-19(11-7-17)26-20-12-8-18(24)9-13-20/h1-13,24H,14-15H2. The third-order valence-corrected chi connectivity index (χ3v) is 4.05. The highest BCUT2D eigenvalue weighted by Crippen LogP contribution is 2.26. The lowest BCUT2D eigenvalue weighted by atomic mass is 10.2. The predicted octanol–water partition coefficient (Wildman–Crippen LogP) is 4.96. The molecule has 3 aromatic carbocycles. The van der Waals surface area contributed by atoms with Crippen LogP contribution in [0.2, 0.25) is 0 Å². The molecular formula is C21H18ClNO3. The molecule has 132 valence electrons. The van der Waals surface area contributed by atoms with Crippen LogP contribution in [0.25, 0.3) is 0 Å². The summed E-state index contributed by atoms with van der Waals surface area (Å²) in [7, 11) is 0. The van der Waals surface area contributed by atoms with Crippen molar-refractivity contribution >= 4 is 23.2 Å². The maximum Gasteiger partial charge on any atom is 0.242 e. The van der Waals surface area contributed by atoms with Crippen LogP contribution in [-0.2, 0) is 11.3 Å². The topological polar surface area (TPSA) is 49.8 Å². The number of hydrogen-bond acceptors (Lipinski definition) is 3. The van der Waals surface area contributed by atoms with Gasteiger partial charge in [0, 0.05) is 5.69 Å². The van der Waals surface area contributed by atoms with Gasteiger partial charge in [0.15, 0.2) is 0 Å². The van der Waals surface area contributed by atoms with Crippen molar-refractivity contribution in [2.24, 2.45) is 0 Å². The number of alkyl halides is 1. The number of ether oxygens (including phenoxy) is 1. The second kappa shape index (κ2) is 8.41. The largest absolute Gasteiger partial charge is 0.508 e. The Kier molecular flexibility index (Phi) is 5.77. The molecule has 3 rings (SSSR count). The van der Waals surface area contributed by atoms with Gasteiger partial charge in [0.25, 0.3) is 0 Å². The van der Waals surface area contributed by atoms with Gasteiger partial charge in [-0.2, -0.15) is 0 Å². The summed E-state index contributed by atoms with van der Waals surface area (Å²) in [5, 5.41) is 9.31. The van der Waals surface area contributed by atoms with Crippen LogP contribution in [0.3, 0.4) is 0 Å². The Balaban J connectivity index is 1.77. The molecule has 0 heterocycles. The van der Waals surface area contributed by atoms with Gasteiger partial charge >= 0.3 is 0 Å². The maximum atomic E-state index is 12.3. The Bertz CT molecular complexity index is 849. The maximum absolute atomic E-state index is 12.3. The van der Waals surface area contributed by atoms with Crippen molar-refractivity contribution in [1.29, 1.82) is 0 Å². The zero-order chi connectivity index (χ0) is 18.4. The quantitative estimate of drug-likeness (QED) is 0.627. The number of halogens is 1. The molecule has 0 radical (unpaired) electrons. The molecule has 26 heavy (non-hydrogen) atoms. The molecule has 0 bridgehead atoms. The van der Waals surface area contributed by atoms with E-state index in [1.807, 2.05) is 42.5 Å². The Hall–Kier alpha value is -2.98. The minimum atomic E-state index is -0.164. The molecule has 0 aliphatic rings. The molecule has 4 nitrogen and oxygen atoms in total. The van der Waals surface area contributed by atoms with E-state index in [4.69, 9.17) is 16.3 Å². The van der Waals surface area contributed by atoms with Crippen LogP contribution in [0.15, 0.2) is 78.9 Å². The van der Waals surface area contributed by atoms with E-state index in [0.29, 0.717) is 18.0 Å². The summed E-state index contributed by atoms with van der Waals surface area (Å²) >= 11 is 5.78. The van der Waals surface area contributed by atoms with Gasteiger partial charge in [-0.25, -0.2) is 0 Å². The minimum absolute atomic E-state index is 0.0847. The van der Waals surface area contributed by atoms with Crippen molar-refractivity contribution in [3.05, 3.63) is 84.4 Å². The zero-order valence-electron chi connectivity index (χ0n) is 14.0. The van der Waals surface area contributed by atoms with Crippen LogP contribution in [0, 0.1) is 0 Å². The van der Waals surface area contributed by atoms with Crippen LogP contribution in [0.5, 0.6) is 17.2 Å². The molecule has 0 unspecified atom stereocenters. The lowest BCUT2D eigenvalue weighted by molar-refractivity contribution is -0.116. The zero-order valence-corrected chi connectivity index (χ0v) is 14.8. The van der Waals surface area contributed by atoms with E-state index in [2.05, 4.69) is 0 Å². The van der Waals surface area contributed by atoms with Crippen LogP contribution >= 0.6 is 11.6 Å². The minimum Gasteiger partial charge on any atom is -0.508 e. The van der Waals surface area contributed by atoms with Crippen LogP contribution in [0.4, 0.5) is 5.69 Å². The van der Waals surface area contributed by atoms with E-state index in [1.165, 1.54) is 0 Å². The molecule has 0 atom stereocenters. The summed E-state index contributed by atoms with van der Waals surface area (Å²) in [4.78, 5) is 13.9. The van der Waals surface area contributed by atoms with Gasteiger partial charge in [0.05, 0.1) is 6.54 Å². The van der Waals surface area contributed by atoms with Crippen molar-refractivity contribution in [3.8, 4) is 17.2 Å². The number of benzene rings is 3. The highest BCUT2D eigenvalue weighted by Gasteiger charge is 2.15. The molecule has 0 aromatic heterocycles. The van der Waals surface area contributed by atoms with E-state index in [1.54, 1.807) is 41.3 Å². The van der Waals surface area contributed by atoms with Crippen molar-refractivity contribution < 1.29 is 14.6 Å². The molecule has 0 spiro atoms. The van der Waals surface area contributed by atoms with Crippen molar-refractivity contribution in [3.63, 3.8) is 0 Å². The molecule has 0 saturated carbocycles. The first-order chi connectivity index (χ1) is 12.7. The molecule has 0 aliphatic heterocycles. The normalized spacial score (nSPS) is 10.3. The predicted molar refractivity (Wildman–Crippen MR) is 103 cm³/mol. The summed E-state index contributed by atoms with van der Waals surface area (Å²) < 4.78 is 5.73. The molecule has 0 fully saturated rings. The molecule has 5 heteroatoms. The molecular weight excluding hydrogens is 350 g/mol. The highest BCUT2D eigenvalue weighted by atomic mass is 35.5. The third kappa shape index (κ3) is 4.55. The van der Waals surface area contributed by atoms with Crippen LogP contribution in [-0.4, -0.2) is 16.9 Å². The number of hydrogen-bond donors (Lipinski definition) is 1. The number of rotatable bonds is 6. The molecule has 1 N–H and O–H groups in total. The lowest BCUT2D eigenvalue weighted by Crippen LogP contribution is -2.31. The fourth-order valence-corrected chi connectivity index (χ4v) is 2.65. The van der Waals surface area contributed by atoms with Gasteiger partial charge in [0.1, 0.15) is 23.1 Å². The van der Waals surface area contributed by atoms with Crippen LogP contribution < -0.4 is 9.64 Å². The van der Waals surface area contributed by atoms with Gasteiger partial charge in [-0.3, -0.25) is 4.79 Å². The Morgan fingerprint density at radius 1 is 0.885 bits per heavy atom. The number of carbonyl (C=O) groups is 1. The number of phenolic OH excluding ortho intramolecular Hbond substituents is 1. The molecule has 0 saturated heterocycles. The van der Waals surface area contributed by atoms with Crippen molar-refractivity contribution in [2.75, 3.05) is 10.8 Å². The summed E-state index contributed by atoms with van der Waals surface area (Å²) in [5.74, 6) is 1.19. The number of carbonyl (C=O) groups excluding carboxylic acids is 1. The number of aromatic hydroxyl groups is 1. The van der Waals surface area contributed by atoms with Crippen LogP contribution in [0.1, 0.15) is 5.56 Å². The number of phenols is 1. The van der Waals surface area contributed by atoms with Gasteiger partial charge in [-0.05, 0) is 54.1 Å². The van der Waals surface area contributed by atoms with E-state index in [-0.39, 0.29) is 17.5 Å². The Morgan fingerprint density at radius 2 is 1.46 bits per heavy atom. The van der Waals surface area contributed by atoms with Gasteiger partial charge in [-0.1, -0.05) is 30.3 Å². The van der Waals surface area contributed by atoms with Crippen molar-refractivity contribution in [1.82, 2.24) is 0 Å². The highest BCUT2D eigenvalue weighted by molar-refractivity contribution is 6.29. The number of nitrogens with zero attached hydrogens (tertiary/aromatic N) is 1. The van der Waals surface area contributed by atoms with Crippen molar-refractivity contribution in [2.45, 2.75) is 6.54 Å². The summed E-state index contributed by atoms with van der Waals surface area (Å²) in [5.41, 5.74) is 1.77. The fourth-order valence-electron chi connectivity index (χ4n) is 2.51. The molecule has 1 amide bonds. The molecule has 0 aliphatic carbocycles. The Morgan fingerprint density at radius 3 is 2.04 bits per heavy atom. The average molecular weight is 368 g/mol. The average Bonchev–Trinajstić information content (AvgIpc) is 2.69. The second-order valence-electron chi connectivity index (χ2n) is 5.69. The van der Waals surface area contributed by atoms with Gasteiger partial charge in [0.2, 0.25) is 5.91 Å². The van der Waals surface area contributed by atoms with Gasteiger partial charge < -0.3 is 14.7 Å².